The van der Waals surface area contributed by atoms with Gasteiger partial charge in [-0.15, -0.1) is 0 Å². The van der Waals surface area contributed by atoms with Gasteiger partial charge >= 0.3 is 6.61 Å². The van der Waals surface area contributed by atoms with Crippen molar-refractivity contribution in [1.82, 2.24) is 4.31 Å². The van der Waals surface area contributed by atoms with E-state index in [1.54, 1.807) is 0 Å². The molecule has 1 saturated heterocycles. The van der Waals surface area contributed by atoms with Gasteiger partial charge in [0.05, 0.1) is 0 Å². The second-order valence-corrected chi connectivity index (χ2v) is 7.36. The van der Waals surface area contributed by atoms with Crippen molar-refractivity contribution in [3.63, 3.8) is 0 Å². The van der Waals surface area contributed by atoms with E-state index in [0.717, 1.165) is 6.42 Å². The van der Waals surface area contributed by atoms with Crippen molar-refractivity contribution in [3.8, 4) is 5.75 Å². The number of halogens is 2. The van der Waals surface area contributed by atoms with E-state index in [-0.39, 0.29) is 22.6 Å². The summed E-state index contributed by atoms with van der Waals surface area (Å²) in [5.74, 6) is -0.271. The number of para-hydroxylation sites is 1. The summed E-state index contributed by atoms with van der Waals surface area (Å²) < 4.78 is 56.0. The molecular formula is C14H20F2N2O3S. The molecule has 1 aromatic carbocycles. The van der Waals surface area contributed by atoms with Crippen LogP contribution in [-0.2, 0) is 10.0 Å². The molecule has 22 heavy (non-hydrogen) atoms. The maximum atomic E-state index is 12.7. The maximum absolute atomic E-state index is 12.7. The quantitative estimate of drug-likeness (QED) is 0.894. The molecule has 8 heteroatoms. The number of rotatable bonds is 5. The smallest absolute Gasteiger partial charge is 0.387 e. The molecule has 2 N–H and O–H groups in total. The molecule has 2 unspecified atom stereocenters. The molecule has 1 fully saturated rings. The van der Waals surface area contributed by atoms with Crippen molar-refractivity contribution in [2.75, 3.05) is 13.1 Å². The van der Waals surface area contributed by atoms with Gasteiger partial charge < -0.3 is 10.5 Å². The fourth-order valence-electron chi connectivity index (χ4n) is 2.62. The van der Waals surface area contributed by atoms with Gasteiger partial charge in [-0.05, 0) is 37.8 Å². The number of piperidine rings is 1. The predicted octanol–water partition coefficient (Wildman–Crippen LogP) is 2.04. The van der Waals surface area contributed by atoms with Gasteiger partial charge in [-0.1, -0.05) is 12.1 Å². The fourth-order valence-corrected chi connectivity index (χ4v) is 4.27. The summed E-state index contributed by atoms with van der Waals surface area (Å²) in [4.78, 5) is -0.236. The molecule has 124 valence electrons. The Morgan fingerprint density at radius 1 is 1.36 bits per heavy atom. The Morgan fingerprint density at radius 3 is 2.68 bits per heavy atom. The van der Waals surface area contributed by atoms with Gasteiger partial charge in [0.25, 0.3) is 0 Å². The van der Waals surface area contributed by atoms with Crippen LogP contribution in [0.5, 0.6) is 5.75 Å². The minimum absolute atomic E-state index is 0.0618. The summed E-state index contributed by atoms with van der Waals surface area (Å²) in [5, 5.41) is 0. The second kappa shape index (κ2) is 6.89. The normalized spacial score (nSPS) is 21.8. The number of alkyl halides is 2. The lowest BCUT2D eigenvalue weighted by molar-refractivity contribution is -0.0518. The van der Waals surface area contributed by atoms with Crippen LogP contribution < -0.4 is 10.5 Å². The number of benzene rings is 1. The number of sulfonamides is 1. The molecule has 1 aromatic rings. The van der Waals surface area contributed by atoms with Crippen LogP contribution in [-0.4, -0.2) is 38.5 Å². The summed E-state index contributed by atoms with van der Waals surface area (Å²) in [7, 11) is -3.89. The van der Waals surface area contributed by atoms with Gasteiger partial charge in [-0.2, -0.15) is 13.1 Å². The number of nitrogens with two attached hydrogens (primary N) is 1. The zero-order valence-electron chi connectivity index (χ0n) is 12.3. The molecule has 1 aliphatic heterocycles. The van der Waals surface area contributed by atoms with E-state index in [9.17, 15) is 17.2 Å². The average molecular weight is 334 g/mol. The molecular weight excluding hydrogens is 314 g/mol. The number of hydrogen-bond donors (Lipinski definition) is 1. The van der Waals surface area contributed by atoms with Gasteiger partial charge in [0, 0.05) is 19.1 Å². The highest BCUT2D eigenvalue weighted by Gasteiger charge is 2.33. The SMILES string of the molecule is CC(N)C1CCCN(S(=O)(=O)c2ccccc2OC(F)F)C1. The van der Waals surface area contributed by atoms with Crippen LogP contribution in [0.25, 0.3) is 0 Å². The van der Waals surface area contributed by atoms with Crippen LogP contribution in [0.1, 0.15) is 19.8 Å². The molecule has 1 aliphatic rings. The Hall–Kier alpha value is -1.25. The minimum Gasteiger partial charge on any atom is -0.433 e. The van der Waals surface area contributed by atoms with Crippen LogP contribution in [0.3, 0.4) is 0 Å². The lowest BCUT2D eigenvalue weighted by atomic mass is 9.93. The molecule has 0 aliphatic carbocycles. The summed E-state index contributed by atoms with van der Waals surface area (Å²) >= 11 is 0. The molecule has 0 amide bonds. The third kappa shape index (κ3) is 3.74. The van der Waals surface area contributed by atoms with Crippen LogP contribution in [0, 0.1) is 5.92 Å². The van der Waals surface area contributed by atoms with E-state index in [2.05, 4.69) is 4.74 Å². The van der Waals surface area contributed by atoms with Gasteiger partial charge in [-0.3, -0.25) is 0 Å². The Labute approximate surface area is 129 Å². The van der Waals surface area contributed by atoms with Crippen molar-refractivity contribution in [1.29, 1.82) is 0 Å². The van der Waals surface area contributed by atoms with Crippen LogP contribution >= 0.6 is 0 Å². The Balaban J connectivity index is 2.30. The van der Waals surface area contributed by atoms with Crippen LogP contribution in [0.4, 0.5) is 8.78 Å². The van der Waals surface area contributed by atoms with E-state index < -0.39 is 16.6 Å². The Morgan fingerprint density at radius 2 is 2.05 bits per heavy atom. The predicted molar refractivity (Wildman–Crippen MR) is 78.2 cm³/mol. The average Bonchev–Trinajstić information content (AvgIpc) is 2.47. The number of hydrogen-bond acceptors (Lipinski definition) is 4. The first kappa shape index (κ1) is 17.1. The van der Waals surface area contributed by atoms with Gasteiger partial charge in [0.15, 0.2) is 0 Å². The lowest BCUT2D eigenvalue weighted by Gasteiger charge is -2.34. The molecule has 2 rings (SSSR count). The van der Waals surface area contributed by atoms with Gasteiger partial charge in [-0.25, -0.2) is 8.42 Å². The Kier molecular flexibility index (Phi) is 5.36. The largest absolute Gasteiger partial charge is 0.433 e. The van der Waals surface area contributed by atoms with E-state index in [1.165, 1.54) is 28.6 Å². The van der Waals surface area contributed by atoms with E-state index in [0.29, 0.717) is 19.5 Å². The van der Waals surface area contributed by atoms with E-state index in [4.69, 9.17) is 5.73 Å². The minimum atomic E-state index is -3.89. The number of ether oxygens (including phenoxy) is 1. The number of nitrogens with zero attached hydrogens (tertiary/aromatic N) is 1. The highest BCUT2D eigenvalue weighted by atomic mass is 32.2. The monoisotopic (exact) mass is 334 g/mol. The first-order valence-corrected chi connectivity index (χ1v) is 8.56. The molecule has 2 atom stereocenters. The van der Waals surface area contributed by atoms with Gasteiger partial charge in [0.1, 0.15) is 10.6 Å². The summed E-state index contributed by atoms with van der Waals surface area (Å²) in [6, 6.07) is 5.33. The van der Waals surface area contributed by atoms with Crippen molar-refractivity contribution >= 4 is 10.0 Å². The van der Waals surface area contributed by atoms with Crippen molar-refractivity contribution in [2.24, 2.45) is 11.7 Å². The Bertz CT molecular complexity index is 608. The van der Waals surface area contributed by atoms with Crippen molar-refractivity contribution in [2.45, 2.75) is 37.3 Å². The lowest BCUT2D eigenvalue weighted by Crippen LogP contribution is -2.45. The molecule has 1 heterocycles. The van der Waals surface area contributed by atoms with Crippen LogP contribution in [0.2, 0.25) is 0 Å². The highest BCUT2D eigenvalue weighted by molar-refractivity contribution is 7.89. The molecule has 0 aromatic heterocycles. The third-order valence-corrected chi connectivity index (χ3v) is 5.75. The summed E-state index contributed by atoms with van der Waals surface area (Å²) in [5.41, 5.74) is 5.86. The fraction of sp³-hybridized carbons (Fsp3) is 0.571. The highest BCUT2D eigenvalue weighted by Crippen LogP contribution is 2.31. The van der Waals surface area contributed by atoms with E-state index in [1.807, 2.05) is 6.92 Å². The maximum Gasteiger partial charge on any atom is 0.387 e. The molecule has 0 spiro atoms. The zero-order valence-corrected chi connectivity index (χ0v) is 13.1. The first-order chi connectivity index (χ1) is 10.3. The van der Waals surface area contributed by atoms with Crippen molar-refractivity contribution < 1.29 is 21.9 Å². The van der Waals surface area contributed by atoms with Crippen molar-refractivity contribution in [3.05, 3.63) is 24.3 Å². The van der Waals surface area contributed by atoms with E-state index >= 15 is 0 Å². The standard InChI is InChI=1S/C14H20F2N2O3S/c1-10(17)11-5-4-8-18(9-11)22(19,20)13-7-3-2-6-12(13)21-14(15)16/h2-3,6-7,10-11,14H,4-5,8-9,17H2,1H3. The molecule has 0 radical (unpaired) electrons. The van der Waals surface area contributed by atoms with Crippen LogP contribution in [0.15, 0.2) is 29.2 Å². The third-order valence-electron chi connectivity index (χ3n) is 3.85. The molecule has 5 nitrogen and oxygen atoms in total. The summed E-state index contributed by atoms with van der Waals surface area (Å²) in [6.07, 6.45) is 1.56. The topological polar surface area (TPSA) is 72.6 Å². The molecule has 0 saturated carbocycles. The zero-order chi connectivity index (χ0) is 16.3. The molecule has 0 bridgehead atoms. The second-order valence-electron chi connectivity index (χ2n) is 5.45. The van der Waals surface area contributed by atoms with Gasteiger partial charge in [0.2, 0.25) is 10.0 Å². The summed E-state index contributed by atoms with van der Waals surface area (Å²) in [6.45, 7) is -0.582. The first-order valence-electron chi connectivity index (χ1n) is 7.12.